The van der Waals surface area contributed by atoms with Gasteiger partial charge < -0.3 is 5.73 Å². The number of rotatable bonds is 2. The lowest BCUT2D eigenvalue weighted by molar-refractivity contribution is -0.139. The van der Waals surface area contributed by atoms with Crippen molar-refractivity contribution in [1.29, 1.82) is 0 Å². The van der Waals surface area contributed by atoms with Crippen molar-refractivity contribution in [1.82, 2.24) is 19.5 Å². The van der Waals surface area contributed by atoms with Crippen LogP contribution in [-0.2, 0) is 6.54 Å². The zero-order valence-electron chi connectivity index (χ0n) is 11.0. The molecule has 5 nitrogen and oxygen atoms in total. The molecule has 2 aromatic heterocycles. The van der Waals surface area contributed by atoms with E-state index in [1.165, 1.54) is 18.3 Å². The third-order valence-corrected chi connectivity index (χ3v) is 2.95. The number of alkyl halides is 3. The van der Waals surface area contributed by atoms with Gasteiger partial charge in [-0.15, -0.1) is 0 Å². The van der Waals surface area contributed by atoms with E-state index >= 15 is 0 Å². The standard InChI is InChI=1S/C13H9F4N5/c14-8-3-1-7(2-4-8)10-20-9-5-19-12(18)21-11(9)22(10)6-13(15,16)17/h1-5H,6H2,(H2,18,19,21). The molecule has 1 aromatic carbocycles. The number of benzene rings is 1. The average Bonchev–Trinajstić information content (AvgIpc) is 2.76. The molecule has 0 atom stereocenters. The van der Waals surface area contributed by atoms with Crippen molar-refractivity contribution in [2.24, 2.45) is 0 Å². The first-order valence-corrected chi connectivity index (χ1v) is 6.15. The molecule has 9 heteroatoms. The molecule has 0 saturated carbocycles. The predicted molar refractivity (Wildman–Crippen MR) is 71.2 cm³/mol. The summed E-state index contributed by atoms with van der Waals surface area (Å²) in [6.45, 7) is -1.29. The predicted octanol–water partition coefficient (Wildman–Crippen LogP) is 2.78. The van der Waals surface area contributed by atoms with Gasteiger partial charge in [-0.2, -0.15) is 18.2 Å². The van der Waals surface area contributed by atoms with E-state index in [1.807, 2.05) is 0 Å². The molecule has 3 aromatic rings. The molecule has 0 spiro atoms. The van der Waals surface area contributed by atoms with Gasteiger partial charge >= 0.3 is 6.18 Å². The Morgan fingerprint density at radius 3 is 2.41 bits per heavy atom. The lowest BCUT2D eigenvalue weighted by Crippen LogP contribution is -2.19. The van der Waals surface area contributed by atoms with E-state index in [-0.39, 0.29) is 22.9 Å². The second-order valence-corrected chi connectivity index (χ2v) is 4.58. The van der Waals surface area contributed by atoms with Gasteiger partial charge in [0.2, 0.25) is 5.95 Å². The van der Waals surface area contributed by atoms with Crippen molar-refractivity contribution in [2.45, 2.75) is 12.7 Å². The Morgan fingerprint density at radius 1 is 1.09 bits per heavy atom. The molecule has 2 N–H and O–H groups in total. The highest BCUT2D eigenvalue weighted by molar-refractivity contribution is 5.77. The van der Waals surface area contributed by atoms with Gasteiger partial charge in [0, 0.05) is 5.56 Å². The first-order valence-electron chi connectivity index (χ1n) is 6.15. The minimum Gasteiger partial charge on any atom is -0.368 e. The van der Waals surface area contributed by atoms with E-state index in [9.17, 15) is 17.6 Å². The van der Waals surface area contributed by atoms with E-state index in [0.717, 1.165) is 16.7 Å². The highest BCUT2D eigenvalue weighted by Crippen LogP contribution is 2.28. The third kappa shape index (κ3) is 2.69. The van der Waals surface area contributed by atoms with Crippen LogP contribution in [0.3, 0.4) is 0 Å². The number of imidazole rings is 1. The fraction of sp³-hybridized carbons (Fsp3) is 0.154. The van der Waals surface area contributed by atoms with Crippen LogP contribution in [0, 0.1) is 5.82 Å². The maximum atomic E-state index is 13.0. The van der Waals surface area contributed by atoms with E-state index < -0.39 is 18.5 Å². The first-order chi connectivity index (χ1) is 10.3. The van der Waals surface area contributed by atoms with Crippen LogP contribution in [0.5, 0.6) is 0 Å². The number of aromatic nitrogens is 4. The molecule has 3 rings (SSSR count). The summed E-state index contributed by atoms with van der Waals surface area (Å²) >= 11 is 0. The fourth-order valence-electron chi connectivity index (χ4n) is 2.08. The first kappa shape index (κ1) is 14.2. The number of anilines is 1. The maximum Gasteiger partial charge on any atom is 0.406 e. The molecule has 114 valence electrons. The SMILES string of the molecule is Nc1ncc2nc(-c3ccc(F)cc3)n(CC(F)(F)F)c2n1. The van der Waals surface area contributed by atoms with Gasteiger partial charge in [-0.1, -0.05) is 0 Å². The molecular weight excluding hydrogens is 302 g/mol. The molecule has 0 aliphatic rings. The Balaban J connectivity index is 2.23. The largest absolute Gasteiger partial charge is 0.406 e. The summed E-state index contributed by atoms with van der Waals surface area (Å²) in [5.74, 6) is -0.625. The molecule has 0 unspecified atom stereocenters. The minimum absolute atomic E-state index is 0.0206. The normalized spacial score (nSPS) is 12.0. The fourth-order valence-corrected chi connectivity index (χ4v) is 2.08. The summed E-state index contributed by atoms with van der Waals surface area (Å²) < 4.78 is 52.3. The Bertz CT molecular complexity index is 823. The number of hydrogen-bond donors (Lipinski definition) is 1. The van der Waals surface area contributed by atoms with Crippen molar-refractivity contribution in [3.63, 3.8) is 0 Å². The lowest BCUT2D eigenvalue weighted by atomic mass is 10.2. The quantitative estimate of drug-likeness (QED) is 0.739. The highest BCUT2D eigenvalue weighted by atomic mass is 19.4. The van der Waals surface area contributed by atoms with Crippen LogP contribution in [0.25, 0.3) is 22.6 Å². The Hall–Kier alpha value is -2.71. The topological polar surface area (TPSA) is 69.6 Å². The molecule has 2 heterocycles. The average molecular weight is 311 g/mol. The zero-order chi connectivity index (χ0) is 15.9. The molecular formula is C13H9F4N5. The van der Waals surface area contributed by atoms with Gasteiger partial charge in [-0.3, -0.25) is 4.57 Å². The second-order valence-electron chi connectivity index (χ2n) is 4.58. The second kappa shape index (κ2) is 4.93. The van der Waals surface area contributed by atoms with Gasteiger partial charge in [0.05, 0.1) is 6.20 Å². The maximum absolute atomic E-state index is 13.0. The van der Waals surface area contributed by atoms with Crippen LogP contribution in [0.15, 0.2) is 30.5 Å². The summed E-state index contributed by atoms with van der Waals surface area (Å²) in [6, 6.07) is 4.99. The molecule has 0 saturated heterocycles. The number of halogens is 4. The number of nitrogens with zero attached hydrogens (tertiary/aromatic N) is 4. The van der Waals surface area contributed by atoms with Gasteiger partial charge in [0.1, 0.15) is 23.7 Å². The van der Waals surface area contributed by atoms with E-state index in [4.69, 9.17) is 5.73 Å². The zero-order valence-corrected chi connectivity index (χ0v) is 11.0. The van der Waals surface area contributed by atoms with E-state index in [2.05, 4.69) is 15.0 Å². The van der Waals surface area contributed by atoms with Crippen molar-refractivity contribution >= 4 is 17.1 Å². The van der Waals surface area contributed by atoms with Crippen molar-refractivity contribution < 1.29 is 17.6 Å². The molecule has 0 aliphatic carbocycles. The number of hydrogen-bond acceptors (Lipinski definition) is 4. The van der Waals surface area contributed by atoms with Crippen molar-refractivity contribution in [3.8, 4) is 11.4 Å². The van der Waals surface area contributed by atoms with Crippen LogP contribution < -0.4 is 5.73 Å². The summed E-state index contributed by atoms with van der Waals surface area (Å²) in [4.78, 5) is 11.6. The van der Waals surface area contributed by atoms with Gasteiger partial charge in [0.25, 0.3) is 0 Å². The van der Waals surface area contributed by atoms with Crippen LogP contribution in [0.4, 0.5) is 23.5 Å². The number of fused-ring (bicyclic) bond motifs is 1. The minimum atomic E-state index is -4.47. The van der Waals surface area contributed by atoms with Crippen LogP contribution in [0.1, 0.15) is 0 Å². The van der Waals surface area contributed by atoms with Gasteiger partial charge in [-0.25, -0.2) is 14.4 Å². The third-order valence-electron chi connectivity index (χ3n) is 2.95. The molecule has 0 bridgehead atoms. The summed E-state index contributed by atoms with van der Waals surface area (Å²) in [7, 11) is 0. The van der Waals surface area contributed by atoms with Crippen molar-refractivity contribution in [3.05, 3.63) is 36.3 Å². The van der Waals surface area contributed by atoms with Gasteiger partial charge in [0.15, 0.2) is 5.65 Å². The monoisotopic (exact) mass is 311 g/mol. The molecule has 0 radical (unpaired) electrons. The molecule has 0 fully saturated rings. The summed E-state index contributed by atoms with van der Waals surface area (Å²) in [5.41, 5.74) is 5.92. The van der Waals surface area contributed by atoms with Crippen LogP contribution in [0.2, 0.25) is 0 Å². The number of nitrogen functional groups attached to an aromatic ring is 1. The highest BCUT2D eigenvalue weighted by Gasteiger charge is 2.31. The molecule has 0 aliphatic heterocycles. The van der Waals surface area contributed by atoms with E-state index in [1.54, 1.807) is 0 Å². The lowest BCUT2D eigenvalue weighted by Gasteiger charge is -2.11. The summed E-state index contributed by atoms with van der Waals surface area (Å²) in [5, 5.41) is 0. The Morgan fingerprint density at radius 2 is 1.77 bits per heavy atom. The smallest absolute Gasteiger partial charge is 0.368 e. The molecule has 0 amide bonds. The Labute approximate surface area is 121 Å². The molecule has 22 heavy (non-hydrogen) atoms. The summed E-state index contributed by atoms with van der Waals surface area (Å²) in [6.07, 6.45) is -3.22. The number of nitrogens with two attached hydrogens (primary N) is 1. The van der Waals surface area contributed by atoms with Crippen LogP contribution >= 0.6 is 0 Å². The van der Waals surface area contributed by atoms with E-state index in [0.29, 0.717) is 5.56 Å². The Kier molecular flexibility index (Phi) is 3.19. The van der Waals surface area contributed by atoms with Crippen LogP contribution in [-0.4, -0.2) is 25.7 Å². The van der Waals surface area contributed by atoms with Crippen molar-refractivity contribution in [2.75, 3.05) is 5.73 Å². The van der Waals surface area contributed by atoms with Gasteiger partial charge in [-0.05, 0) is 24.3 Å².